The average molecular weight is 552 g/mol. The lowest BCUT2D eigenvalue weighted by atomic mass is 10.0. The molecule has 0 aliphatic heterocycles. The Morgan fingerprint density at radius 1 is 0.829 bits per heavy atom. The van der Waals surface area contributed by atoms with E-state index in [0.29, 0.717) is 37.6 Å². The summed E-state index contributed by atoms with van der Waals surface area (Å²) in [5.74, 6) is -0.481. The molecular formula is C27H26Cl4N2O2. The van der Waals surface area contributed by atoms with E-state index in [0.717, 1.165) is 5.56 Å². The Bertz CT molecular complexity index is 1190. The molecule has 4 nitrogen and oxygen atoms in total. The van der Waals surface area contributed by atoms with Crippen molar-refractivity contribution < 1.29 is 9.59 Å². The van der Waals surface area contributed by atoms with Crippen molar-refractivity contribution in [2.45, 2.75) is 45.3 Å². The monoisotopic (exact) mass is 550 g/mol. The highest BCUT2D eigenvalue weighted by molar-refractivity contribution is 6.42. The minimum absolute atomic E-state index is 0.0440. The van der Waals surface area contributed by atoms with Gasteiger partial charge in [-0.3, -0.25) is 9.59 Å². The molecule has 0 fully saturated rings. The summed E-state index contributed by atoms with van der Waals surface area (Å²) in [5.41, 5.74) is 2.32. The van der Waals surface area contributed by atoms with Gasteiger partial charge in [0, 0.05) is 29.1 Å². The fourth-order valence-electron chi connectivity index (χ4n) is 3.69. The molecular weight excluding hydrogens is 526 g/mol. The Morgan fingerprint density at radius 2 is 1.54 bits per heavy atom. The fraction of sp³-hybridized carbons (Fsp3) is 0.259. The minimum Gasteiger partial charge on any atom is -0.352 e. The van der Waals surface area contributed by atoms with Crippen molar-refractivity contribution in [3.8, 4) is 0 Å². The number of hydrogen-bond donors (Lipinski definition) is 1. The van der Waals surface area contributed by atoms with E-state index in [1.165, 1.54) is 0 Å². The third-order valence-corrected chi connectivity index (χ3v) is 6.72. The molecule has 3 aromatic carbocycles. The normalized spacial score (nSPS) is 11.9. The van der Waals surface area contributed by atoms with Gasteiger partial charge < -0.3 is 10.2 Å². The van der Waals surface area contributed by atoms with Crippen LogP contribution in [0.3, 0.4) is 0 Å². The first-order chi connectivity index (χ1) is 16.6. The van der Waals surface area contributed by atoms with E-state index in [1.54, 1.807) is 41.3 Å². The van der Waals surface area contributed by atoms with E-state index in [4.69, 9.17) is 46.4 Å². The van der Waals surface area contributed by atoms with Crippen molar-refractivity contribution in [1.82, 2.24) is 10.2 Å². The van der Waals surface area contributed by atoms with Gasteiger partial charge in [0.2, 0.25) is 11.8 Å². The van der Waals surface area contributed by atoms with E-state index in [-0.39, 0.29) is 30.8 Å². The van der Waals surface area contributed by atoms with E-state index in [1.807, 2.05) is 44.2 Å². The molecule has 3 aromatic rings. The van der Waals surface area contributed by atoms with E-state index >= 15 is 0 Å². The molecule has 0 heterocycles. The maximum atomic E-state index is 13.7. The van der Waals surface area contributed by atoms with Crippen molar-refractivity contribution in [2.24, 2.45) is 0 Å². The molecule has 0 spiro atoms. The number of benzene rings is 3. The number of nitrogens with zero attached hydrogens (tertiary/aromatic N) is 1. The molecule has 3 rings (SSSR count). The molecule has 0 bridgehead atoms. The molecule has 0 aliphatic rings. The van der Waals surface area contributed by atoms with Crippen LogP contribution in [0.4, 0.5) is 0 Å². The largest absolute Gasteiger partial charge is 0.352 e. The van der Waals surface area contributed by atoms with Crippen molar-refractivity contribution in [2.75, 3.05) is 0 Å². The van der Waals surface area contributed by atoms with E-state index in [2.05, 4.69) is 5.32 Å². The van der Waals surface area contributed by atoms with Crippen molar-refractivity contribution in [3.05, 3.63) is 104 Å². The predicted molar refractivity (Wildman–Crippen MR) is 144 cm³/mol. The van der Waals surface area contributed by atoms with Crippen molar-refractivity contribution in [1.29, 1.82) is 0 Å². The number of carbonyl (C=O) groups excluding carboxylic acids is 2. The van der Waals surface area contributed by atoms with Crippen LogP contribution in [0.1, 0.15) is 30.5 Å². The molecule has 0 unspecified atom stereocenters. The highest BCUT2D eigenvalue weighted by Gasteiger charge is 2.31. The lowest BCUT2D eigenvalue weighted by Gasteiger charge is -2.32. The van der Waals surface area contributed by atoms with Gasteiger partial charge in [-0.15, -0.1) is 0 Å². The highest BCUT2D eigenvalue weighted by atomic mass is 35.5. The smallest absolute Gasteiger partial charge is 0.243 e. The van der Waals surface area contributed by atoms with Gasteiger partial charge in [-0.1, -0.05) is 88.9 Å². The van der Waals surface area contributed by atoms with Gasteiger partial charge in [-0.2, -0.15) is 0 Å². The maximum Gasteiger partial charge on any atom is 0.243 e. The van der Waals surface area contributed by atoms with Crippen LogP contribution in [-0.4, -0.2) is 28.8 Å². The van der Waals surface area contributed by atoms with Gasteiger partial charge in [0.05, 0.1) is 16.5 Å². The molecule has 8 heteroatoms. The third-order valence-electron chi connectivity index (χ3n) is 5.40. The van der Waals surface area contributed by atoms with E-state index in [9.17, 15) is 9.59 Å². The number of carbonyl (C=O) groups is 2. The summed E-state index contributed by atoms with van der Waals surface area (Å²) in [6, 6.07) is 18.9. The van der Waals surface area contributed by atoms with Gasteiger partial charge in [0.25, 0.3) is 0 Å². The van der Waals surface area contributed by atoms with Gasteiger partial charge in [-0.05, 0) is 54.8 Å². The first-order valence-corrected chi connectivity index (χ1v) is 12.7. The second-order valence-electron chi connectivity index (χ2n) is 8.55. The van der Waals surface area contributed by atoms with Crippen LogP contribution >= 0.6 is 46.4 Å². The molecule has 0 aromatic heterocycles. The Balaban J connectivity index is 2.01. The van der Waals surface area contributed by atoms with Crippen LogP contribution in [0.5, 0.6) is 0 Å². The Morgan fingerprint density at radius 3 is 2.17 bits per heavy atom. The summed E-state index contributed by atoms with van der Waals surface area (Å²) in [4.78, 5) is 28.7. The topological polar surface area (TPSA) is 49.4 Å². The first-order valence-electron chi connectivity index (χ1n) is 11.2. The number of hydrogen-bond acceptors (Lipinski definition) is 2. The van der Waals surface area contributed by atoms with Crippen LogP contribution in [0, 0.1) is 0 Å². The summed E-state index contributed by atoms with van der Waals surface area (Å²) >= 11 is 24.7. The molecule has 2 amide bonds. The first kappa shape index (κ1) is 27.3. The molecule has 0 saturated heterocycles. The SMILES string of the molecule is CC(C)NC(=O)[C@H](Cc1ccccc1)N(Cc1ccc(Cl)cc1Cl)C(=O)Cc1ccc(Cl)c(Cl)c1. The summed E-state index contributed by atoms with van der Waals surface area (Å²) in [6.45, 7) is 3.91. The van der Waals surface area contributed by atoms with Gasteiger partial charge in [-0.25, -0.2) is 0 Å². The zero-order chi connectivity index (χ0) is 25.5. The van der Waals surface area contributed by atoms with Crippen LogP contribution in [0.15, 0.2) is 66.7 Å². The number of amides is 2. The maximum absolute atomic E-state index is 13.7. The molecule has 0 radical (unpaired) electrons. The highest BCUT2D eigenvalue weighted by Crippen LogP contribution is 2.26. The minimum atomic E-state index is -0.762. The Kier molecular flexibility index (Phi) is 9.88. The second-order valence-corrected chi connectivity index (χ2v) is 10.2. The summed E-state index contributed by atoms with van der Waals surface area (Å²) in [5, 5.41) is 4.65. The second kappa shape index (κ2) is 12.6. The zero-order valence-electron chi connectivity index (χ0n) is 19.4. The molecule has 184 valence electrons. The number of nitrogens with one attached hydrogen (secondary N) is 1. The molecule has 0 aliphatic carbocycles. The van der Waals surface area contributed by atoms with Crippen LogP contribution in [-0.2, 0) is 29.0 Å². The summed E-state index contributed by atoms with van der Waals surface area (Å²) < 4.78 is 0. The standard InChI is InChI=1S/C27H26Cl4N2O2/c1-17(2)32-27(35)25(13-18-6-4-3-5-7-18)33(16-20-9-10-21(28)15-23(20)30)26(34)14-19-8-11-22(29)24(31)12-19/h3-12,15,17,25H,13-14,16H2,1-2H3,(H,32,35)/t25-/m0/s1. The molecule has 35 heavy (non-hydrogen) atoms. The lowest BCUT2D eigenvalue weighted by molar-refractivity contribution is -0.141. The average Bonchev–Trinajstić information content (AvgIpc) is 2.80. The third kappa shape index (κ3) is 7.88. The summed E-state index contributed by atoms with van der Waals surface area (Å²) in [7, 11) is 0. The fourth-order valence-corrected chi connectivity index (χ4v) is 4.48. The Hall–Kier alpha value is -2.24. The van der Waals surface area contributed by atoms with Crippen LogP contribution < -0.4 is 5.32 Å². The van der Waals surface area contributed by atoms with Crippen LogP contribution in [0.2, 0.25) is 20.1 Å². The predicted octanol–water partition coefficient (Wildman–Crippen LogP) is 7.01. The quantitative estimate of drug-likeness (QED) is 0.311. The molecule has 1 atom stereocenters. The van der Waals surface area contributed by atoms with E-state index < -0.39 is 6.04 Å². The molecule has 1 N–H and O–H groups in total. The summed E-state index contributed by atoms with van der Waals surface area (Å²) in [6.07, 6.45) is 0.389. The number of rotatable bonds is 9. The van der Waals surface area contributed by atoms with Gasteiger partial charge in [0.15, 0.2) is 0 Å². The molecule has 0 saturated carbocycles. The van der Waals surface area contributed by atoms with Crippen LogP contribution in [0.25, 0.3) is 0 Å². The van der Waals surface area contributed by atoms with Crippen molar-refractivity contribution in [3.63, 3.8) is 0 Å². The number of halogens is 4. The van der Waals surface area contributed by atoms with Gasteiger partial charge >= 0.3 is 0 Å². The Labute approximate surface area is 226 Å². The van der Waals surface area contributed by atoms with Gasteiger partial charge in [0.1, 0.15) is 6.04 Å². The lowest BCUT2D eigenvalue weighted by Crippen LogP contribution is -2.52. The van der Waals surface area contributed by atoms with Crippen molar-refractivity contribution >= 4 is 58.2 Å². The zero-order valence-corrected chi connectivity index (χ0v) is 22.4.